The molecule has 0 spiro atoms. The van der Waals surface area contributed by atoms with Crippen molar-refractivity contribution in [3.05, 3.63) is 35.4 Å². The van der Waals surface area contributed by atoms with E-state index in [2.05, 4.69) is 5.48 Å². The molecule has 0 aliphatic carbocycles. The Morgan fingerprint density at radius 2 is 1.94 bits per heavy atom. The third-order valence-corrected chi connectivity index (χ3v) is 1.89. The minimum atomic E-state index is -1.15. The summed E-state index contributed by atoms with van der Waals surface area (Å²) in [5.41, 5.74) is 2.43. The minimum absolute atomic E-state index is 0.0404. The van der Waals surface area contributed by atoms with Crippen LogP contribution >= 0.6 is 0 Å². The van der Waals surface area contributed by atoms with E-state index in [1.54, 1.807) is 12.1 Å². The lowest BCUT2D eigenvalue weighted by atomic mass is 10.1. The van der Waals surface area contributed by atoms with Crippen LogP contribution in [0.4, 0.5) is 0 Å². The lowest BCUT2D eigenvalue weighted by Crippen LogP contribution is -2.22. The van der Waals surface area contributed by atoms with E-state index in [0.717, 1.165) is 6.42 Å². The number of hydrogen-bond acceptors (Lipinski definition) is 4. The van der Waals surface area contributed by atoms with Crippen LogP contribution in [0.25, 0.3) is 0 Å². The van der Waals surface area contributed by atoms with Crippen molar-refractivity contribution in [1.82, 2.24) is 5.48 Å². The number of nitrogens with one attached hydrogen (secondary N) is 1. The highest BCUT2D eigenvalue weighted by Gasteiger charge is 2.16. The number of carboxylic acids is 1. The van der Waals surface area contributed by atoms with Crippen LogP contribution in [-0.2, 0) is 4.84 Å². The topological polar surface area (TPSA) is 75.6 Å². The first-order chi connectivity index (χ1) is 7.66. The zero-order valence-electron chi connectivity index (χ0n) is 8.90. The molecule has 0 atom stereocenters. The van der Waals surface area contributed by atoms with Crippen LogP contribution in [0.2, 0.25) is 0 Å². The van der Waals surface area contributed by atoms with E-state index < -0.39 is 11.9 Å². The standard InChI is InChI=1S/C11H13NO4/c1-2-7-12-16-11(15)9-6-4-3-5-8(9)10(13)14/h3-6,12H,2,7H2,1H3,(H,13,14). The van der Waals surface area contributed by atoms with Gasteiger partial charge < -0.3 is 9.94 Å². The molecule has 86 valence electrons. The van der Waals surface area contributed by atoms with Gasteiger partial charge in [0.05, 0.1) is 11.1 Å². The fourth-order valence-corrected chi connectivity index (χ4v) is 1.12. The molecular formula is C11H13NO4. The molecule has 1 aromatic rings. The van der Waals surface area contributed by atoms with E-state index in [0.29, 0.717) is 6.54 Å². The van der Waals surface area contributed by atoms with Gasteiger partial charge in [-0.15, -0.1) is 0 Å². The third-order valence-electron chi connectivity index (χ3n) is 1.89. The molecule has 1 rings (SSSR count). The normalized spacial score (nSPS) is 9.81. The number of carbonyl (C=O) groups is 2. The molecule has 5 nitrogen and oxygen atoms in total. The molecule has 0 aliphatic rings. The van der Waals surface area contributed by atoms with Crippen molar-refractivity contribution in [3.63, 3.8) is 0 Å². The van der Waals surface area contributed by atoms with Gasteiger partial charge in [0, 0.05) is 6.54 Å². The van der Waals surface area contributed by atoms with E-state index in [9.17, 15) is 9.59 Å². The van der Waals surface area contributed by atoms with E-state index in [-0.39, 0.29) is 11.1 Å². The van der Waals surface area contributed by atoms with Gasteiger partial charge in [-0.2, -0.15) is 5.48 Å². The van der Waals surface area contributed by atoms with Gasteiger partial charge in [0.2, 0.25) is 0 Å². The first-order valence-corrected chi connectivity index (χ1v) is 4.93. The average Bonchev–Trinajstić information content (AvgIpc) is 2.29. The maximum atomic E-state index is 11.5. The highest BCUT2D eigenvalue weighted by atomic mass is 16.7. The number of carboxylic acid groups (broad SMARTS) is 1. The molecule has 16 heavy (non-hydrogen) atoms. The zero-order chi connectivity index (χ0) is 12.0. The molecule has 0 bridgehead atoms. The van der Waals surface area contributed by atoms with Crippen molar-refractivity contribution in [1.29, 1.82) is 0 Å². The van der Waals surface area contributed by atoms with Gasteiger partial charge in [0.25, 0.3) is 0 Å². The summed E-state index contributed by atoms with van der Waals surface area (Å²) in [4.78, 5) is 27.0. The van der Waals surface area contributed by atoms with Gasteiger partial charge in [-0.25, -0.2) is 9.59 Å². The number of benzene rings is 1. The molecule has 0 unspecified atom stereocenters. The molecular weight excluding hydrogens is 210 g/mol. The lowest BCUT2D eigenvalue weighted by Gasteiger charge is -2.06. The van der Waals surface area contributed by atoms with Crippen molar-refractivity contribution in [2.24, 2.45) is 0 Å². The van der Waals surface area contributed by atoms with E-state index in [4.69, 9.17) is 9.94 Å². The first-order valence-electron chi connectivity index (χ1n) is 4.93. The predicted molar refractivity (Wildman–Crippen MR) is 57.1 cm³/mol. The lowest BCUT2D eigenvalue weighted by molar-refractivity contribution is 0.0250. The highest BCUT2D eigenvalue weighted by Crippen LogP contribution is 2.09. The molecule has 0 saturated carbocycles. The predicted octanol–water partition coefficient (Wildman–Crippen LogP) is 1.46. The van der Waals surface area contributed by atoms with Crippen LogP contribution in [0, 0.1) is 0 Å². The Morgan fingerprint density at radius 1 is 1.31 bits per heavy atom. The van der Waals surface area contributed by atoms with Crippen LogP contribution in [-0.4, -0.2) is 23.6 Å². The van der Waals surface area contributed by atoms with E-state index in [1.165, 1.54) is 12.1 Å². The number of carbonyl (C=O) groups excluding carboxylic acids is 1. The first kappa shape index (κ1) is 12.2. The molecule has 0 aliphatic heterocycles. The fraction of sp³-hybridized carbons (Fsp3) is 0.273. The van der Waals surface area contributed by atoms with Gasteiger partial charge in [-0.3, -0.25) is 0 Å². The number of aromatic carboxylic acids is 1. The quantitative estimate of drug-likeness (QED) is 0.583. The van der Waals surface area contributed by atoms with Gasteiger partial charge in [0.1, 0.15) is 0 Å². The van der Waals surface area contributed by atoms with Crippen molar-refractivity contribution < 1.29 is 19.5 Å². The van der Waals surface area contributed by atoms with Crippen LogP contribution in [0.3, 0.4) is 0 Å². The molecule has 1 aromatic carbocycles. The highest BCUT2D eigenvalue weighted by molar-refractivity contribution is 6.02. The van der Waals surface area contributed by atoms with Gasteiger partial charge in [-0.1, -0.05) is 19.1 Å². The molecule has 0 fully saturated rings. The summed E-state index contributed by atoms with van der Waals surface area (Å²) in [6.07, 6.45) is 0.813. The summed E-state index contributed by atoms with van der Waals surface area (Å²) >= 11 is 0. The Hall–Kier alpha value is -1.88. The maximum Gasteiger partial charge on any atom is 0.357 e. The monoisotopic (exact) mass is 223 g/mol. The Kier molecular flexibility index (Phi) is 4.47. The summed E-state index contributed by atoms with van der Waals surface area (Å²) in [5, 5.41) is 8.86. The Labute approximate surface area is 93.0 Å². The van der Waals surface area contributed by atoms with Crippen molar-refractivity contribution in [3.8, 4) is 0 Å². The second-order valence-corrected chi connectivity index (χ2v) is 3.13. The molecule has 0 aromatic heterocycles. The summed E-state index contributed by atoms with van der Waals surface area (Å²) in [6, 6.07) is 5.92. The SMILES string of the molecule is CCCNOC(=O)c1ccccc1C(=O)O. The third kappa shape index (κ3) is 3.06. The molecule has 0 radical (unpaired) electrons. The number of hydrogen-bond donors (Lipinski definition) is 2. The summed E-state index contributed by atoms with van der Waals surface area (Å²) < 4.78 is 0. The van der Waals surface area contributed by atoms with E-state index in [1.807, 2.05) is 6.92 Å². The maximum absolute atomic E-state index is 11.5. The summed E-state index contributed by atoms with van der Waals surface area (Å²) in [7, 11) is 0. The average molecular weight is 223 g/mol. The number of hydroxylamine groups is 1. The smallest absolute Gasteiger partial charge is 0.357 e. The van der Waals surface area contributed by atoms with Crippen molar-refractivity contribution in [2.75, 3.05) is 6.54 Å². The molecule has 0 saturated heterocycles. The molecule has 0 amide bonds. The van der Waals surface area contributed by atoms with Crippen LogP contribution in [0.5, 0.6) is 0 Å². The molecule has 5 heteroatoms. The van der Waals surface area contributed by atoms with Crippen LogP contribution in [0.1, 0.15) is 34.1 Å². The number of rotatable bonds is 5. The largest absolute Gasteiger partial charge is 0.478 e. The Morgan fingerprint density at radius 3 is 2.50 bits per heavy atom. The van der Waals surface area contributed by atoms with Gasteiger partial charge >= 0.3 is 11.9 Å². The van der Waals surface area contributed by atoms with Crippen molar-refractivity contribution in [2.45, 2.75) is 13.3 Å². The summed E-state index contributed by atoms with van der Waals surface area (Å²) in [6.45, 7) is 2.45. The van der Waals surface area contributed by atoms with Crippen LogP contribution in [0.15, 0.2) is 24.3 Å². The minimum Gasteiger partial charge on any atom is -0.478 e. The zero-order valence-corrected chi connectivity index (χ0v) is 8.90. The van der Waals surface area contributed by atoms with Crippen LogP contribution < -0.4 is 5.48 Å². The Balaban J connectivity index is 2.78. The fourth-order valence-electron chi connectivity index (χ4n) is 1.12. The van der Waals surface area contributed by atoms with E-state index >= 15 is 0 Å². The van der Waals surface area contributed by atoms with Gasteiger partial charge in [-0.05, 0) is 18.6 Å². The molecule has 2 N–H and O–H groups in total. The van der Waals surface area contributed by atoms with Crippen molar-refractivity contribution >= 4 is 11.9 Å². The second-order valence-electron chi connectivity index (χ2n) is 3.13. The molecule has 0 heterocycles. The second kappa shape index (κ2) is 5.87. The van der Waals surface area contributed by atoms with Gasteiger partial charge in [0.15, 0.2) is 0 Å². The summed E-state index contributed by atoms with van der Waals surface area (Å²) in [5.74, 6) is -1.84. The Bertz CT molecular complexity index is 389.